The van der Waals surface area contributed by atoms with Gasteiger partial charge in [0.15, 0.2) is 0 Å². The monoisotopic (exact) mass is 578 g/mol. The second-order valence-corrected chi connectivity index (χ2v) is 7.16. The van der Waals surface area contributed by atoms with Crippen molar-refractivity contribution in [3.63, 3.8) is 0 Å². The van der Waals surface area contributed by atoms with E-state index in [1.807, 2.05) is 4.74 Å². The number of hydrogen-bond acceptors (Lipinski definition) is 4. The van der Waals surface area contributed by atoms with Crippen molar-refractivity contribution in [1.29, 1.82) is 0 Å². The summed E-state index contributed by atoms with van der Waals surface area (Å²) in [7, 11) is 0. The second kappa shape index (κ2) is 9.50. The number of esters is 1. The number of halogens is 17. The van der Waals surface area contributed by atoms with Gasteiger partial charge in [-0.05, 0) is 25.7 Å². The molecule has 0 unspecified atom stereocenters. The molecule has 0 radical (unpaired) electrons. The number of hydrogen-bond donors (Lipinski definition) is 0. The van der Waals surface area contributed by atoms with Crippen LogP contribution in [0.2, 0.25) is 0 Å². The summed E-state index contributed by atoms with van der Waals surface area (Å²) < 4.78 is 229. The maximum atomic E-state index is 14.3. The van der Waals surface area contributed by atoms with Crippen LogP contribution in [0.1, 0.15) is 32.1 Å². The van der Waals surface area contributed by atoms with Gasteiger partial charge in [-0.3, -0.25) is 9.47 Å². The summed E-state index contributed by atoms with van der Waals surface area (Å²) in [5.41, 5.74) is 0. The van der Waals surface area contributed by atoms with Crippen molar-refractivity contribution in [3.05, 3.63) is 0 Å². The van der Waals surface area contributed by atoms with E-state index in [9.17, 15) is 79.4 Å². The molecule has 1 aliphatic carbocycles. The lowest BCUT2D eigenvalue weighted by Crippen LogP contribution is -2.68. The number of rotatable bonds is 8. The van der Waals surface area contributed by atoms with Crippen LogP contribution in [0.25, 0.3) is 0 Å². The van der Waals surface area contributed by atoms with E-state index in [1.54, 1.807) is 0 Å². The number of alkyl halides is 17. The van der Waals surface area contributed by atoms with Crippen molar-refractivity contribution in [2.75, 3.05) is 0 Å². The molecule has 0 spiro atoms. The van der Waals surface area contributed by atoms with Crippen molar-refractivity contribution < 1.29 is 93.6 Å². The number of carbonyl (C=O) groups is 1. The zero-order valence-corrected chi connectivity index (χ0v) is 16.7. The molecule has 1 aliphatic rings. The average Bonchev–Trinajstić information content (AvgIpc) is 2.65. The fourth-order valence-corrected chi connectivity index (χ4v) is 2.56. The van der Waals surface area contributed by atoms with Crippen LogP contribution in [-0.2, 0) is 19.0 Å². The van der Waals surface area contributed by atoms with E-state index in [-0.39, 0.29) is 25.7 Å². The summed E-state index contributed by atoms with van der Waals surface area (Å²) in [6.45, 7) is 0. The van der Waals surface area contributed by atoms with Crippen LogP contribution in [0.4, 0.5) is 74.6 Å². The highest BCUT2D eigenvalue weighted by Gasteiger charge is 2.85. The molecular weight excluding hydrogens is 567 g/mol. The van der Waals surface area contributed by atoms with E-state index in [0.29, 0.717) is 6.42 Å². The van der Waals surface area contributed by atoms with Crippen LogP contribution in [0.15, 0.2) is 0 Å². The molecule has 1 saturated carbocycles. The lowest BCUT2D eigenvalue weighted by molar-refractivity contribution is -0.548. The third-order valence-electron chi connectivity index (χ3n) is 4.45. The molecule has 0 aromatic carbocycles. The first kappa shape index (κ1) is 32.2. The van der Waals surface area contributed by atoms with Gasteiger partial charge in [-0.15, -0.1) is 0 Å². The van der Waals surface area contributed by atoms with Gasteiger partial charge in [0.25, 0.3) is 0 Å². The lowest BCUT2D eigenvalue weighted by Gasteiger charge is -2.40. The van der Waals surface area contributed by atoms with Crippen LogP contribution in [0.5, 0.6) is 0 Å². The molecule has 1 fully saturated rings. The summed E-state index contributed by atoms with van der Waals surface area (Å²) in [6, 6.07) is 0. The predicted molar refractivity (Wildman–Crippen MR) is 75.8 cm³/mol. The Bertz CT molecular complexity index is 782. The molecule has 0 amide bonds. The van der Waals surface area contributed by atoms with E-state index in [0.717, 1.165) is 0 Å². The minimum atomic E-state index is -8.04. The van der Waals surface area contributed by atoms with Gasteiger partial charge in [0, 0.05) is 0 Å². The van der Waals surface area contributed by atoms with Crippen LogP contribution < -0.4 is 0 Å². The Kier molecular flexibility index (Phi) is 8.50. The molecule has 2 atom stereocenters. The summed E-state index contributed by atoms with van der Waals surface area (Å²) in [5.74, 6) is -26.3. The average molecular weight is 578 g/mol. The molecule has 4 nitrogen and oxygen atoms in total. The minimum Gasteiger partial charge on any atom is -0.458 e. The van der Waals surface area contributed by atoms with Crippen molar-refractivity contribution in [1.82, 2.24) is 0 Å². The molecule has 214 valence electrons. The fourth-order valence-electron chi connectivity index (χ4n) is 2.56. The van der Waals surface area contributed by atoms with E-state index < -0.39 is 60.5 Å². The molecule has 0 bridgehead atoms. The van der Waals surface area contributed by atoms with Gasteiger partial charge in [-0.1, -0.05) is 6.42 Å². The summed E-state index contributed by atoms with van der Waals surface area (Å²) in [4.78, 5) is 11.6. The first-order chi connectivity index (χ1) is 15.7. The molecule has 0 aromatic heterocycles. The Morgan fingerprint density at radius 2 is 1.00 bits per heavy atom. The molecule has 0 saturated heterocycles. The molecule has 0 aromatic rings. The Labute approximate surface area is 187 Å². The van der Waals surface area contributed by atoms with Crippen molar-refractivity contribution in [3.8, 4) is 0 Å². The molecule has 0 heterocycles. The third kappa shape index (κ3) is 5.85. The van der Waals surface area contributed by atoms with Crippen molar-refractivity contribution in [2.45, 2.75) is 86.6 Å². The Hall–Kier alpha value is -1.80. The van der Waals surface area contributed by atoms with E-state index in [2.05, 4.69) is 4.74 Å². The summed E-state index contributed by atoms with van der Waals surface area (Å²) >= 11 is 0. The maximum Gasteiger partial charge on any atom is 0.462 e. The standard InChI is InChI=1S/C15H11F17O4/c16-8(11(20,21)22,7(33)34-6-4-2-1-3-5-6)35-15(31,32)10(19,13(26,27)28)36-14(29,30)9(17,18)12(23,24)25/h6H,1-5H2/t8-,10-/m1/s1. The normalized spacial score (nSPS) is 21.0. The van der Waals surface area contributed by atoms with Crippen molar-refractivity contribution >= 4 is 5.97 Å². The molecule has 0 N–H and O–H groups in total. The molecule has 36 heavy (non-hydrogen) atoms. The molecule has 21 heteroatoms. The SMILES string of the molecule is O=C(OC1CCCCC1)[C@@](F)(OC(F)(F)[C@](F)(OC(F)(F)C(F)(F)C(F)(F)F)C(F)(F)F)C(F)(F)F. The summed E-state index contributed by atoms with van der Waals surface area (Å²) in [5, 5.41) is 0. The molecule has 1 rings (SSSR count). The summed E-state index contributed by atoms with van der Waals surface area (Å²) in [6.07, 6.45) is -40.2. The quantitative estimate of drug-likeness (QED) is 0.237. The lowest BCUT2D eigenvalue weighted by atomic mass is 9.98. The highest BCUT2D eigenvalue weighted by Crippen LogP contribution is 2.56. The smallest absolute Gasteiger partial charge is 0.458 e. The Morgan fingerprint density at radius 1 is 0.556 bits per heavy atom. The van der Waals surface area contributed by atoms with Crippen LogP contribution in [0.3, 0.4) is 0 Å². The first-order valence-electron chi connectivity index (χ1n) is 8.99. The van der Waals surface area contributed by atoms with Gasteiger partial charge in [-0.2, -0.15) is 74.6 Å². The minimum absolute atomic E-state index is 0.109. The first-order valence-corrected chi connectivity index (χ1v) is 8.99. The highest BCUT2D eigenvalue weighted by molar-refractivity contribution is 5.79. The second-order valence-electron chi connectivity index (χ2n) is 7.16. The Morgan fingerprint density at radius 3 is 1.36 bits per heavy atom. The zero-order chi connectivity index (χ0) is 28.8. The number of carbonyl (C=O) groups excluding carboxylic acids is 1. The highest BCUT2D eigenvalue weighted by atomic mass is 19.4. The van der Waals surface area contributed by atoms with Crippen LogP contribution >= 0.6 is 0 Å². The van der Waals surface area contributed by atoms with E-state index in [4.69, 9.17) is 0 Å². The Balaban J connectivity index is 3.52. The fraction of sp³-hybridized carbons (Fsp3) is 0.933. The van der Waals surface area contributed by atoms with E-state index in [1.165, 1.54) is 4.74 Å². The van der Waals surface area contributed by atoms with Gasteiger partial charge >= 0.3 is 54.3 Å². The zero-order valence-electron chi connectivity index (χ0n) is 16.7. The van der Waals surface area contributed by atoms with Gasteiger partial charge in [0.05, 0.1) is 0 Å². The third-order valence-corrected chi connectivity index (χ3v) is 4.45. The van der Waals surface area contributed by atoms with Gasteiger partial charge in [0.2, 0.25) is 0 Å². The van der Waals surface area contributed by atoms with Crippen LogP contribution in [-0.4, -0.2) is 60.5 Å². The van der Waals surface area contributed by atoms with Gasteiger partial charge in [-0.25, -0.2) is 4.79 Å². The largest absolute Gasteiger partial charge is 0.462 e. The molecule has 0 aliphatic heterocycles. The number of ether oxygens (including phenoxy) is 3. The maximum absolute atomic E-state index is 14.3. The van der Waals surface area contributed by atoms with Crippen LogP contribution in [0, 0.1) is 0 Å². The predicted octanol–water partition coefficient (Wildman–Crippen LogP) is 6.73. The van der Waals surface area contributed by atoms with Gasteiger partial charge < -0.3 is 4.74 Å². The van der Waals surface area contributed by atoms with Gasteiger partial charge in [0.1, 0.15) is 6.10 Å². The van der Waals surface area contributed by atoms with Crippen molar-refractivity contribution in [2.24, 2.45) is 0 Å². The molecular formula is C15H11F17O4. The topological polar surface area (TPSA) is 44.8 Å². The van der Waals surface area contributed by atoms with E-state index >= 15 is 0 Å².